The highest BCUT2D eigenvalue weighted by atomic mass is 32.2. The van der Waals surface area contributed by atoms with Gasteiger partial charge in [-0.05, 0) is 19.1 Å². The van der Waals surface area contributed by atoms with E-state index in [4.69, 9.17) is 9.47 Å². The van der Waals surface area contributed by atoms with Gasteiger partial charge in [0, 0.05) is 19.6 Å². The molecule has 1 N–H and O–H groups in total. The Bertz CT molecular complexity index is 594. The molecule has 7 nitrogen and oxygen atoms in total. The zero-order valence-corrected chi connectivity index (χ0v) is 13.3. The summed E-state index contributed by atoms with van der Waals surface area (Å²) in [5.74, 6) is 0. The molecule has 0 aliphatic carbocycles. The summed E-state index contributed by atoms with van der Waals surface area (Å²) < 4.78 is 36.0. The predicted molar refractivity (Wildman–Crippen MR) is 80.1 cm³/mol. The largest absolute Gasteiger partial charge is 0.447 e. The number of benzene rings is 1. The van der Waals surface area contributed by atoms with Gasteiger partial charge in [-0.25, -0.2) is 17.9 Å². The average Bonchev–Trinajstić information content (AvgIpc) is 2.48. The van der Waals surface area contributed by atoms with Crippen LogP contribution in [-0.2, 0) is 19.5 Å². The van der Waals surface area contributed by atoms with E-state index in [1.54, 1.807) is 12.1 Å². The summed E-state index contributed by atoms with van der Waals surface area (Å²) in [6.07, 6.45) is -0.964. The van der Waals surface area contributed by atoms with E-state index in [2.05, 4.69) is 4.90 Å². The Morgan fingerprint density at radius 1 is 1.27 bits per heavy atom. The highest BCUT2D eigenvalue weighted by Gasteiger charge is 2.18. The molecule has 1 aliphatic heterocycles. The van der Waals surface area contributed by atoms with Gasteiger partial charge in [0.05, 0.1) is 18.1 Å². The number of amides is 1. The lowest BCUT2D eigenvalue weighted by Gasteiger charge is -2.26. The molecule has 1 fully saturated rings. The van der Waals surface area contributed by atoms with Crippen LogP contribution in [0.4, 0.5) is 4.79 Å². The molecular weight excluding hydrogens is 308 g/mol. The lowest BCUT2D eigenvalue weighted by molar-refractivity contribution is 0.0285. The first-order valence-electron chi connectivity index (χ1n) is 7.04. The fourth-order valence-electron chi connectivity index (χ4n) is 2.01. The highest BCUT2D eigenvalue weighted by Crippen LogP contribution is 2.09. The van der Waals surface area contributed by atoms with E-state index in [9.17, 15) is 13.2 Å². The lowest BCUT2D eigenvalue weighted by Crippen LogP contribution is -2.39. The van der Waals surface area contributed by atoms with E-state index < -0.39 is 16.1 Å². The number of nitrogens with one attached hydrogen (secondary N) is 1. The normalized spacial score (nSPS) is 16.2. The average molecular weight is 328 g/mol. The maximum absolute atomic E-state index is 12.0. The SMILES string of the molecule is Cc1ccc(S(=O)(=O)NC(=O)OCCN2CCOCC2)cc1. The Morgan fingerprint density at radius 2 is 1.91 bits per heavy atom. The third-order valence-electron chi connectivity index (χ3n) is 3.29. The summed E-state index contributed by atoms with van der Waals surface area (Å²) >= 11 is 0. The number of carbonyl (C=O) groups is 1. The summed E-state index contributed by atoms with van der Waals surface area (Å²) in [7, 11) is -3.89. The molecule has 1 aliphatic rings. The molecule has 1 saturated heterocycles. The fourth-order valence-corrected chi connectivity index (χ4v) is 2.90. The van der Waals surface area contributed by atoms with E-state index in [1.807, 2.05) is 11.6 Å². The number of rotatable bonds is 5. The Labute approximate surface area is 130 Å². The van der Waals surface area contributed by atoms with Crippen molar-refractivity contribution in [2.45, 2.75) is 11.8 Å². The summed E-state index contributed by atoms with van der Waals surface area (Å²) in [6, 6.07) is 6.22. The van der Waals surface area contributed by atoms with Gasteiger partial charge in [0.15, 0.2) is 0 Å². The minimum atomic E-state index is -3.89. The monoisotopic (exact) mass is 328 g/mol. The minimum Gasteiger partial charge on any atom is -0.447 e. The fraction of sp³-hybridized carbons (Fsp3) is 0.500. The second kappa shape index (κ2) is 7.57. The van der Waals surface area contributed by atoms with Crippen LogP contribution in [0.3, 0.4) is 0 Å². The maximum atomic E-state index is 12.0. The third kappa shape index (κ3) is 4.97. The van der Waals surface area contributed by atoms with Crippen molar-refractivity contribution in [2.75, 3.05) is 39.5 Å². The zero-order valence-electron chi connectivity index (χ0n) is 12.4. The van der Waals surface area contributed by atoms with E-state index in [0.717, 1.165) is 18.7 Å². The molecule has 1 heterocycles. The van der Waals surface area contributed by atoms with Gasteiger partial charge in [0.25, 0.3) is 10.0 Å². The first kappa shape index (κ1) is 16.7. The zero-order chi connectivity index (χ0) is 16.0. The van der Waals surface area contributed by atoms with Crippen molar-refractivity contribution < 1.29 is 22.7 Å². The van der Waals surface area contributed by atoms with Crippen molar-refractivity contribution >= 4 is 16.1 Å². The van der Waals surface area contributed by atoms with Crippen LogP contribution in [0.15, 0.2) is 29.2 Å². The van der Waals surface area contributed by atoms with Gasteiger partial charge in [-0.15, -0.1) is 0 Å². The first-order valence-corrected chi connectivity index (χ1v) is 8.52. The van der Waals surface area contributed by atoms with Crippen molar-refractivity contribution in [1.82, 2.24) is 9.62 Å². The van der Waals surface area contributed by atoms with Gasteiger partial charge in [0.2, 0.25) is 0 Å². The Morgan fingerprint density at radius 3 is 2.55 bits per heavy atom. The highest BCUT2D eigenvalue weighted by molar-refractivity contribution is 7.90. The Balaban J connectivity index is 1.79. The molecule has 0 saturated carbocycles. The van der Waals surface area contributed by atoms with Crippen LogP contribution in [0.25, 0.3) is 0 Å². The van der Waals surface area contributed by atoms with E-state index >= 15 is 0 Å². The standard InChI is InChI=1S/C14H20N2O5S/c1-12-2-4-13(5-3-12)22(18,19)15-14(17)21-11-8-16-6-9-20-10-7-16/h2-5H,6-11H2,1H3,(H,15,17). The van der Waals surface area contributed by atoms with Gasteiger partial charge in [-0.2, -0.15) is 0 Å². The van der Waals surface area contributed by atoms with Crippen LogP contribution < -0.4 is 4.72 Å². The van der Waals surface area contributed by atoms with Crippen LogP contribution >= 0.6 is 0 Å². The second-order valence-electron chi connectivity index (χ2n) is 5.01. The lowest BCUT2D eigenvalue weighted by atomic mass is 10.2. The second-order valence-corrected chi connectivity index (χ2v) is 6.69. The molecule has 0 radical (unpaired) electrons. The molecule has 0 spiro atoms. The van der Waals surface area contributed by atoms with Crippen LogP contribution in [0.1, 0.15) is 5.56 Å². The molecule has 2 rings (SSSR count). The topological polar surface area (TPSA) is 84.9 Å². The van der Waals surface area contributed by atoms with Gasteiger partial charge in [-0.1, -0.05) is 17.7 Å². The van der Waals surface area contributed by atoms with Gasteiger partial charge in [0.1, 0.15) is 6.61 Å². The van der Waals surface area contributed by atoms with Crippen LogP contribution in [0, 0.1) is 6.92 Å². The molecule has 0 aromatic heterocycles. The number of hydrogen-bond acceptors (Lipinski definition) is 6. The Kier molecular flexibility index (Phi) is 5.76. The molecule has 0 unspecified atom stereocenters. The maximum Gasteiger partial charge on any atom is 0.421 e. The van der Waals surface area contributed by atoms with Crippen LogP contribution in [-0.4, -0.2) is 58.9 Å². The molecule has 0 atom stereocenters. The summed E-state index contributed by atoms with van der Waals surface area (Å²) in [4.78, 5) is 13.7. The summed E-state index contributed by atoms with van der Waals surface area (Å²) in [6.45, 7) is 5.43. The number of hydrogen-bond donors (Lipinski definition) is 1. The number of ether oxygens (including phenoxy) is 2. The molecular formula is C14H20N2O5S. The Hall–Kier alpha value is -1.64. The number of nitrogens with zero attached hydrogens (tertiary/aromatic N) is 1. The van der Waals surface area contributed by atoms with E-state index in [1.165, 1.54) is 12.1 Å². The molecule has 8 heteroatoms. The van der Waals surface area contributed by atoms with Crippen molar-refractivity contribution in [3.63, 3.8) is 0 Å². The van der Waals surface area contributed by atoms with Crippen LogP contribution in [0.5, 0.6) is 0 Å². The number of sulfonamides is 1. The van der Waals surface area contributed by atoms with Crippen molar-refractivity contribution in [1.29, 1.82) is 0 Å². The molecule has 22 heavy (non-hydrogen) atoms. The molecule has 1 aromatic carbocycles. The number of carbonyl (C=O) groups excluding carboxylic acids is 1. The van der Waals surface area contributed by atoms with E-state index in [-0.39, 0.29) is 11.5 Å². The smallest absolute Gasteiger partial charge is 0.421 e. The van der Waals surface area contributed by atoms with Gasteiger partial charge in [-0.3, -0.25) is 4.90 Å². The molecule has 1 amide bonds. The van der Waals surface area contributed by atoms with Crippen molar-refractivity contribution in [2.24, 2.45) is 0 Å². The van der Waals surface area contributed by atoms with Crippen molar-refractivity contribution in [3.05, 3.63) is 29.8 Å². The molecule has 1 aromatic rings. The number of morpholine rings is 1. The third-order valence-corrected chi connectivity index (χ3v) is 4.62. The van der Waals surface area contributed by atoms with Crippen molar-refractivity contribution in [3.8, 4) is 0 Å². The van der Waals surface area contributed by atoms with Gasteiger partial charge < -0.3 is 9.47 Å². The summed E-state index contributed by atoms with van der Waals surface area (Å²) in [5, 5.41) is 0. The predicted octanol–water partition coefficient (Wildman–Crippen LogP) is 0.742. The molecule has 0 bridgehead atoms. The molecule has 122 valence electrons. The first-order chi connectivity index (χ1) is 10.5. The quantitative estimate of drug-likeness (QED) is 0.858. The van der Waals surface area contributed by atoms with Crippen LogP contribution in [0.2, 0.25) is 0 Å². The van der Waals surface area contributed by atoms with E-state index in [0.29, 0.717) is 19.8 Å². The number of aryl methyl sites for hydroxylation is 1. The summed E-state index contributed by atoms with van der Waals surface area (Å²) in [5.41, 5.74) is 0.937. The minimum absolute atomic E-state index is 0.0308. The van der Waals surface area contributed by atoms with Gasteiger partial charge >= 0.3 is 6.09 Å².